The van der Waals surface area contributed by atoms with E-state index in [0.717, 1.165) is 28.3 Å². The van der Waals surface area contributed by atoms with Gasteiger partial charge in [0.2, 0.25) is 0 Å². The highest BCUT2D eigenvalue weighted by Gasteiger charge is 2.35. The summed E-state index contributed by atoms with van der Waals surface area (Å²) >= 11 is 0. The van der Waals surface area contributed by atoms with E-state index in [1.165, 1.54) is 82.3 Å². The molecule has 0 fully saturated rings. The molecule has 10 aromatic carbocycles. The zero-order valence-electron chi connectivity index (χ0n) is 34.9. The number of aliphatic imine (C=N–C) groups is 1. The summed E-state index contributed by atoms with van der Waals surface area (Å²) in [6.45, 7) is 0. The summed E-state index contributed by atoms with van der Waals surface area (Å²) in [5.41, 5.74) is 15.2. The molecule has 300 valence electrons. The van der Waals surface area contributed by atoms with Crippen molar-refractivity contribution in [3.63, 3.8) is 0 Å². The Bertz CT molecular complexity index is 3730. The summed E-state index contributed by atoms with van der Waals surface area (Å²) in [6.07, 6.45) is -0.184. The van der Waals surface area contributed by atoms with Crippen molar-refractivity contribution in [1.82, 2.24) is 9.13 Å². The number of nitrogens with zero attached hydrogens (tertiary/aromatic N) is 4. The van der Waals surface area contributed by atoms with Crippen LogP contribution in [-0.2, 0) is 0 Å². The molecule has 2 aromatic heterocycles. The third-order valence-electron chi connectivity index (χ3n) is 13.1. The molecule has 64 heavy (non-hydrogen) atoms. The molecule has 0 bridgehead atoms. The van der Waals surface area contributed by atoms with Crippen molar-refractivity contribution >= 4 is 65.9 Å². The zero-order valence-corrected chi connectivity index (χ0v) is 34.9. The Morgan fingerprint density at radius 3 is 1.52 bits per heavy atom. The second kappa shape index (κ2) is 14.6. The molecule has 1 atom stereocenters. The van der Waals surface area contributed by atoms with Gasteiger partial charge in [0.05, 0.1) is 27.8 Å². The Kier molecular flexibility index (Phi) is 8.25. The molecular weight excluding hydrogens is 777 g/mol. The number of anilines is 1. The van der Waals surface area contributed by atoms with Crippen molar-refractivity contribution in [2.45, 2.75) is 6.17 Å². The topological polar surface area (TPSA) is 25.5 Å². The van der Waals surface area contributed by atoms with Gasteiger partial charge in [-0.05, 0) is 99.9 Å². The number of para-hydroxylation sites is 3. The Hall–Kier alpha value is -8.47. The Labute approximate surface area is 370 Å². The van der Waals surface area contributed by atoms with Gasteiger partial charge in [-0.3, -0.25) is 4.90 Å². The van der Waals surface area contributed by atoms with E-state index >= 15 is 0 Å². The minimum atomic E-state index is -0.184. The van der Waals surface area contributed by atoms with Crippen LogP contribution in [0.3, 0.4) is 0 Å². The van der Waals surface area contributed by atoms with E-state index in [4.69, 9.17) is 4.99 Å². The number of hydrogen-bond acceptors (Lipinski definition) is 2. The summed E-state index contributed by atoms with van der Waals surface area (Å²) in [5.74, 6) is 0.964. The third kappa shape index (κ3) is 5.73. The zero-order chi connectivity index (χ0) is 42.1. The average Bonchev–Trinajstić information content (AvgIpc) is 3.86. The summed E-state index contributed by atoms with van der Waals surface area (Å²) in [4.78, 5) is 7.78. The second-order valence-corrected chi connectivity index (χ2v) is 16.7. The lowest BCUT2D eigenvalue weighted by atomic mass is 9.98. The van der Waals surface area contributed by atoms with Gasteiger partial charge in [-0.15, -0.1) is 0 Å². The quantitative estimate of drug-likeness (QED) is 0.157. The molecule has 0 N–H and O–H groups in total. The van der Waals surface area contributed by atoms with E-state index in [-0.39, 0.29) is 6.17 Å². The van der Waals surface area contributed by atoms with Gasteiger partial charge in [-0.2, -0.15) is 0 Å². The van der Waals surface area contributed by atoms with Crippen LogP contribution >= 0.6 is 0 Å². The van der Waals surface area contributed by atoms with Gasteiger partial charge in [0.1, 0.15) is 5.84 Å². The maximum absolute atomic E-state index is 5.38. The van der Waals surface area contributed by atoms with Crippen LogP contribution in [-0.4, -0.2) is 15.0 Å². The first-order valence-electron chi connectivity index (χ1n) is 22.0. The SMILES string of the molecule is c1ccc(-c2cccc(C3=NC(c4ccc(-n5c6ccccc6c6cc7c(-n8c9ccccc9c9ccccc98)cccc7cc65)cc4)N3c3cccc(-c4ccccc4)c3)c2)cc1. The predicted molar refractivity (Wildman–Crippen MR) is 268 cm³/mol. The molecule has 13 rings (SSSR count). The number of benzene rings is 10. The fourth-order valence-corrected chi connectivity index (χ4v) is 10.1. The molecule has 0 amide bonds. The second-order valence-electron chi connectivity index (χ2n) is 16.7. The first-order chi connectivity index (χ1) is 31.7. The summed E-state index contributed by atoms with van der Waals surface area (Å²) in [5, 5.41) is 7.42. The molecule has 0 radical (unpaired) electrons. The van der Waals surface area contributed by atoms with Gasteiger partial charge < -0.3 is 9.13 Å². The molecule has 0 spiro atoms. The van der Waals surface area contributed by atoms with Gasteiger partial charge in [-0.1, -0.05) is 170 Å². The van der Waals surface area contributed by atoms with Crippen LogP contribution in [0.4, 0.5) is 5.69 Å². The summed E-state index contributed by atoms with van der Waals surface area (Å²) in [6, 6.07) is 85.7. The maximum atomic E-state index is 5.38. The highest BCUT2D eigenvalue weighted by molar-refractivity contribution is 6.17. The van der Waals surface area contributed by atoms with Crippen molar-refractivity contribution in [2.24, 2.45) is 4.99 Å². The van der Waals surface area contributed by atoms with Gasteiger partial charge >= 0.3 is 0 Å². The molecular formula is C60H40N4. The summed E-state index contributed by atoms with van der Waals surface area (Å²) in [7, 11) is 0. The van der Waals surface area contributed by atoms with Crippen molar-refractivity contribution in [1.29, 1.82) is 0 Å². The van der Waals surface area contributed by atoms with Crippen LogP contribution < -0.4 is 4.90 Å². The Morgan fingerprint density at radius 2 is 0.844 bits per heavy atom. The average molecular weight is 817 g/mol. The Balaban J connectivity index is 0.927. The lowest BCUT2D eigenvalue weighted by molar-refractivity contribution is 0.690. The van der Waals surface area contributed by atoms with Crippen LogP contribution in [0.1, 0.15) is 17.3 Å². The standard InChI is InChI=1S/C60H40N4/c1-3-16-40(17-4-1)43-20-13-23-46(36-43)60-61-59(63(60)48-24-14-21-44(37-48)41-18-5-2-6-19-41)42-32-34-47(35-33-42)62-54-28-10-9-27-51(54)53-39-52-45(38-58(53)62)22-15-31-57(52)64-55-29-11-7-25-49(55)50-26-8-12-30-56(50)64/h1-39,59H. The van der Waals surface area contributed by atoms with Gasteiger partial charge in [0, 0.05) is 43.9 Å². The van der Waals surface area contributed by atoms with E-state index in [1.807, 2.05) is 0 Å². The van der Waals surface area contributed by atoms with Crippen LogP contribution in [0, 0.1) is 0 Å². The monoisotopic (exact) mass is 816 g/mol. The first kappa shape index (κ1) is 36.2. The highest BCUT2D eigenvalue weighted by Crippen LogP contribution is 2.42. The molecule has 1 aliphatic heterocycles. The van der Waals surface area contributed by atoms with E-state index in [0.29, 0.717) is 0 Å². The molecule has 0 saturated carbocycles. The lowest BCUT2D eigenvalue weighted by Crippen LogP contribution is -2.43. The van der Waals surface area contributed by atoms with Crippen LogP contribution in [0.5, 0.6) is 0 Å². The maximum Gasteiger partial charge on any atom is 0.155 e. The van der Waals surface area contributed by atoms with Crippen LogP contribution in [0.2, 0.25) is 0 Å². The van der Waals surface area contributed by atoms with E-state index in [9.17, 15) is 0 Å². The van der Waals surface area contributed by atoms with Crippen molar-refractivity contribution in [3.8, 4) is 33.6 Å². The molecule has 4 heteroatoms. The number of hydrogen-bond donors (Lipinski definition) is 0. The fraction of sp³-hybridized carbons (Fsp3) is 0.0167. The minimum absolute atomic E-state index is 0.184. The number of aromatic nitrogens is 2. The molecule has 1 unspecified atom stereocenters. The lowest BCUT2D eigenvalue weighted by Gasteiger charge is -2.41. The van der Waals surface area contributed by atoms with Crippen molar-refractivity contribution in [3.05, 3.63) is 248 Å². The minimum Gasteiger partial charge on any atom is -0.309 e. The molecule has 0 saturated heterocycles. The fourth-order valence-electron chi connectivity index (χ4n) is 10.1. The van der Waals surface area contributed by atoms with Gasteiger partial charge in [0.15, 0.2) is 6.17 Å². The van der Waals surface area contributed by atoms with Crippen molar-refractivity contribution in [2.75, 3.05) is 4.90 Å². The predicted octanol–water partition coefficient (Wildman–Crippen LogP) is 15.3. The van der Waals surface area contributed by atoms with E-state index < -0.39 is 0 Å². The molecule has 4 nitrogen and oxygen atoms in total. The first-order valence-corrected chi connectivity index (χ1v) is 22.0. The van der Waals surface area contributed by atoms with Crippen LogP contribution in [0.25, 0.3) is 88.0 Å². The summed E-state index contributed by atoms with van der Waals surface area (Å²) < 4.78 is 4.86. The van der Waals surface area contributed by atoms with Gasteiger partial charge in [0.25, 0.3) is 0 Å². The molecule has 0 aliphatic carbocycles. The van der Waals surface area contributed by atoms with E-state index in [1.54, 1.807) is 0 Å². The van der Waals surface area contributed by atoms with Crippen LogP contribution in [0.15, 0.2) is 242 Å². The molecule has 1 aliphatic rings. The number of fused-ring (bicyclic) bond motifs is 7. The molecule has 3 heterocycles. The molecule has 12 aromatic rings. The Morgan fingerprint density at radius 1 is 0.312 bits per heavy atom. The van der Waals surface area contributed by atoms with Gasteiger partial charge in [-0.25, -0.2) is 4.99 Å². The number of rotatable bonds is 7. The number of amidine groups is 1. The van der Waals surface area contributed by atoms with Crippen molar-refractivity contribution < 1.29 is 0 Å². The largest absolute Gasteiger partial charge is 0.309 e. The highest BCUT2D eigenvalue weighted by atomic mass is 15.4. The normalized spacial score (nSPS) is 13.8. The van der Waals surface area contributed by atoms with E-state index in [2.05, 4.69) is 251 Å². The third-order valence-corrected chi connectivity index (χ3v) is 13.1. The smallest absolute Gasteiger partial charge is 0.155 e.